The normalized spacial score (nSPS) is 11.8. The highest BCUT2D eigenvalue weighted by molar-refractivity contribution is 5.18. The van der Waals surface area contributed by atoms with E-state index in [4.69, 9.17) is 5.26 Å². The molecule has 0 spiro atoms. The van der Waals surface area contributed by atoms with Crippen LogP contribution in [0, 0.1) is 17.3 Å². The second kappa shape index (κ2) is 3.72. The summed E-state index contributed by atoms with van der Waals surface area (Å²) in [5.41, 5.74) is 0.790. The first-order valence-electron chi connectivity index (χ1n) is 3.54. The molecule has 0 N–H and O–H groups in total. The zero-order chi connectivity index (χ0) is 8.97. The van der Waals surface area contributed by atoms with Gasteiger partial charge in [0.25, 0.3) is 6.26 Å². The molecule has 2 nitrogen and oxygen atoms in total. The SMILES string of the molecule is C[C@H](OC#N)c1ccc(F)cc1. The van der Waals surface area contributed by atoms with E-state index < -0.39 is 0 Å². The third kappa shape index (κ3) is 1.96. The van der Waals surface area contributed by atoms with Crippen molar-refractivity contribution in [2.24, 2.45) is 0 Å². The lowest BCUT2D eigenvalue weighted by molar-refractivity contribution is 0.182. The predicted molar refractivity (Wildman–Crippen MR) is 41.5 cm³/mol. The Morgan fingerprint density at radius 1 is 1.42 bits per heavy atom. The van der Waals surface area contributed by atoms with Crippen LogP contribution in [0.1, 0.15) is 18.6 Å². The highest BCUT2D eigenvalue weighted by atomic mass is 19.1. The fourth-order valence-electron chi connectivity index (χ4n) is 0.881. The van der Waals surface area contributed by atoms with Crippen molar-refractivity contribution in [3.05, 3.63) is 35.6 Å². The van der Waals surface area contributed by atoms with Gasteiger partial charge >= 0.3 is 0 Å². The molecule has 1 aromatic rings. The molecule has 1 rings (SSSR count). The van der Waals surface area contributed by atoms with Crippen molar-refractivity contribution >= 4 is 0 Å². The zero-order valence-electron chi connectivity index (χ0n) is 6.62. The molecule has 0 saturated carbocycles. The van der Waals surface area contributed by atoms with Gasteiger partial charge in [0.1, 0.15) is 11.9 Å². The van der Waals surface area contributed by atoms with E-state index in [1.54, 1.807) is 25.3 Å². The van der Waals surface area contributed by atoms with E-state index in [1.165, 1.54) is 12.1 Å². The van der Waals surface area contributed by atoms with Gasteiger partial charge in [0.15, 0.2) is 0 Å². The maximum Gasteiger partial charge on any atom is 0.286 e. The van der Waals surface area contributed by atoms with Gasteiger partial charge in [-0.15, -0.1) is 0 Å². The Morgan fingerprint density at radius 2 is 2.00 bits per heavy atom. The standard InChI is InChI=1S/C9H8FNO/c1-7(12-6-11)8-2-4-9(10)5-3-8/h2-5,7H,1H3/t7-/m0/s1. The van der Waals surface area contributed by atoms with E-state index in [2.05, 4.69) is 4.74 Å². The van der Waals surface area contributed by atoms with Gasteiger partial charge < -0.3 is 4.74 Å². The minimum Gasteiger partial charge on any atom is -0.420 e. The molecular formula is C9H8FNO. The van der Waals surface area contributed by atoms with Crippen LogP contribution in [0.5, 0.6) is 0 Å². The predicted octanol–water partition coefficient (Wildman–Crippen LogP) is 2.38. The third-order valence-electron chi connectivity index (χ3n) is 1.57. The van der Waals surface area contributed by atoms with Gasteiger partial charge in [-0.2, -0.15) is 5.26 Å². The maximum atomic E-state index is 12.4. The van der Waals surface area contributed by atoms with Crippen LogP contribution in [0.25, 0.3) is 0 Å². The topological polar surface area (TPSA) is 33.0 Å². The van der Waals surface area contributed by atoms with E-state index in [0.717, 1.165) is 5.56 Å². The third-order valence-corrected chi connectivity index (χ3v) is 1.57. The highest BCUT2D eigenvalue weighted by Gasteiger charge is 2.04. The summed E-state index contributed by atoms with van der Waals surface area (Å²) < 4.78 is 17.1. The van der Waals surface area contributed by atoms with Crippen LogP contribution >= 0.6 is 0 Å². The molecule has 1 atom stereocenters. The first-order valence-corrected chi connectivity index (χ1v) is 3.54. The second-order valence-corrected chi connectivity index (χ2v) is 2.40. The molecule has 0 unspecified atom stereocenters. The number of hydrogen-bond acceptors (Lipinski definition) is 2. The molecule has 0 aromatic heterocycles. The van der Waals surface area contributed by atoms with Crippen LogP contribution in [0.4, 0.5) is 4.39 Å². The van der Waals surface area contributed by atoms with Crippen LogP contribution in [0.15, 0.2) is 24.3 Å². The smallest absolute Gasteiger partial charge is 0.286 e. The molecule has 0 bridgehead atoms. The Balaban J connectivity index is 2.76. The molecule has 1 aromatic carbocycles. The van der Waals surface area contributed by atoms with Gasteiger partial charge in [-0.3, -0.25) is 0 Å². The van der Waals surface area contributed by atoms with Gasteiger partial charge in [-0.05, 0) is 24.6 Å². The molecule has 0 amide bonds. The lowest BCUT2D eigenvalue weighted by Crippen LogP contribution is -1.94. The fourth-order valence-corrected chi connectivity index (χ4v) is 0.881. The molecule has 0 aliphatic rings. The molecule has 0 heterocycles. The Labute approximate surface area is 70.2 Å². The minimum atomic E-state index is -0.310. The van der Waals surface area contributed by atoms with Crippen LogP contribution < -0.4 is 0 Å². The van der Waals surface area contributed by atoms with Gasteiger partial charge in [0, 0.05) is 0 Å². The van der Waals surface area contributed by atoms with Crippen molar-refractivity contribution in [3.8, 4) is 6.26 Å². The summed E-state index contributed by atoms with van der Waals surface area (Å²) in [6.07, 6.45) is 1.28. The van der Waals surface area contributed by atoms with E-state index in [9.17, 15) is 4.39 Å². The van der Waals surface area contributed by atoms with Crippen molar-refractivity contribution < 1.29 is 9.13 Å². The molecule has 12 heavy (non-hydrogen) atoms. The molecule has 0 saturated heterocycles. The van der Waals surface area contributed by atoms with Crippen molar-refractivity contribution in [1.82, 2.24) is 0 Å². The summed E-state index contributed by atoms with van der Waals surface area (Å²) in [4.78, 5) is 0. The molecule has 3 heteroatoms. The van der Waals surface area contributed by atoms with Gasteiger partial charge in [-0.1, -0.05) is 12.1 Å². The number of halogens is 1. The van der Waals surface area contributed by atoms with E-state index in [-0.39, 0.29) is 11.9 Å². The maximum absolute atomic E-state index is 12.4. The summed E-state index contributed by atoms with van der Waals surface area (Å²) in [6, 6.07) is 5.87. The van der Waals surface area contributed by atoms with Crippen molar-refractivity contribution in [1.29, 1.82) is 5.26 Å². The summed E-state index contributed by atoms with van der Waals surface area (Å²) >= 11 is 0. The summed E-state index contributed by atoms with van der Waals surface area (Å²) in [7, 11) is 0. The summed E-state index contributed by atoms with van der Waals surface area (Å²) in [6.45, 7) is 1.73. The Kier molecular flexibility index (Phi) is 2.65. The molecule has 0 aliphatic heterocycles. The number of rotatable bonds is 2. The number of benzene rings is 1. The van der Waals surface area contributed by atoms with E-state index >= 15 is 0 Å². The lowest BCUT2D eigenvalue weighted by Gasteiger charge is -2.06. The largest absolute Gasteiger partial charge is 0.420 e. The summed E-state index contributed by atoms with van der Waals surface area (Å²) in [5.74, 6) is -0.289. The Bertz CT molecular complexity index is 288. The van der Waals surface area contributed by atoms with Crippen LogP contribution in [-0.2, 0) is 4.74 Å². The van der Waals surface area contributed by atoms with Crippen LogP contribution in [-0.4, -0.2) is 0 Å². The highest BCUT2D eigenvalue weighted by Crippen LogP contribution is 2.15. The monoisotopic (exact) mass is 165 g/mol. The van der Waals surface area contributed by atoms with Crippen LogP contribution in [0.2, 0.25) is 0 Å². The van der Waals surface area contributed by atoms with Gasteiger partial charge in [-0.25, -0.2) is 4.39 Å². The Hall–Kier alpha value is -1.56. The molecule has 0 fully saturated rings. The van der Waals surface area contributed by atoms with Gasteiger partial charge in [0.05, 0.1) is 0 Å². The number of ether oxygens (including phenoxy) is 1. The molecular weight excluding hydrogens is 157 g/mol. The summed E-state index contributed by atoms with van der Waals surface area (Å²) in [5, 5.41) is 8.21. The van der Waals surface area contributed by atoms with Gasteiger partial charge in [0.2, 0.25) is 0 Å². The number of nitriles is 1. The first kappa shape index (κ1) is 8.54. The second-order valence-electron chi connectivity index (χ2n) is 2.40. The van der Waals surface area contributed by atoms with Crippen molar-refractivity contribution in [3.63, 3.8) is 0 Å². The van der Waals surface area contributed by atoms with Crippen molar-refractivity contribution in [2.75, 3.05) is 0 Å². The lowest BCUT2D eigenvalue weighted by atomic mass is 10.1. The zero-order valence-corrected chi connectivity index (χ0v) is 6.62. The molecule has 0 radical (unpaired) electrons. The fraction of sp³-hybridized carbons (Fsp3) is 0.222. The molecule has 62 valence electrons. The first-order chi connectivity index (χ1) is 5.74. The number of hydrogen-bond donors (Lipinski definition) is 0. The average molecular weight is 165 g/mol. The van der Waals surface area contributed by atoms with Crippen LogP contribution in [0.3, 0.4) is 0 Å². The molecule has 0 aliphatic carbocycles. The number of nitrogens with zero attached hydrogens (tertiary/aromatic N) is 1. The quantitative estimate of drug-likeness (QED) is 0.630. The van der Waals surface area contributed by atoms with E-state index in [0.29, 0.717) is 0 Å². The van der Waals surface area contributed by atoms with E-state index in [1.807, 2.05) is 0 Å². The minimum absolute atomic E-state index is 0.289. The average Bonchev–Trinajstić information content (AvgIpc) is 2.06. The van der Waals surface area contributed by atoms with Crippen molar-refractivity contribution in [2.45, 2.75) is 13.0 Å². The Morgan fingerprint density at radius 3 is 2.50 bits per heavy atom.